The lowest BCUT2D eigenvalue weighted by Gasteiger charge is -2.07. The number of hydrogen-bond acceptors (Lipinski definition) is 0. The van der Waals surface area contributed by atoms with E-state index in [0.717, 1.165) is 28.8 Å². The molecule has 0 aliphatic rings. The zero-order valence-electron chi connectivity index (χ0n) is 10.0. The molecule has 2 aromatic rings. The Balaban J connectivity index is 2.29. The van der Waals surface area contributed by atoms with E-state index < -0.39 is 11.7 Å². The van der Waals surface area contributed by atoms with Crippen molar-refractivity contribution in [2.75, 3.05) is 0 Å². The van der Waals surface area contributed by atoms with Crippen LogP contribution in [0.3, 0.4) is 0 Å². The van der Waals surface area contributed by atoms with Crippen LogP contribution < -0.4 is 0 Å². The van der Waals surface area contributed by atoms with Crippen molar-refractivity contribution in [1.82, 2.24) is 0 Å². The third kappa shape index (κ3) is 3.15. The Kier molecular flexibility index (Phi) is 3.59. The van der Waals surface area contributed by atoms with Crippen LogP contribution in [0.2, 0.25) is 0 Å². The molecule has 0 aliphatic heterocycles. The fourth-order valence-electron chi connectivity index (χ4n) is 1.74. The van der Waals surface area contributed by atoms with Gasteiger partial charge in [0.15, 0.2) is 0 Å². The Labute approximate surface area is 109 Å². The summed E-state index contributed by atoms with van der Waals surface area (Å²) in [6.07, 6.45) is -2.56. The van der Waals surface area contributed by atoms with E-state index in [1.807, 2.05) is 24.3 Å². The predicted octanol–water partition coefficient (Wildman–Crippen LogP) is 5.17. The lowest BCUT2D eigenvalue weighted by molar-refractivity contribution is -0.137. The molecule has 0 spiro atoms. The molecule has 0 bridgehead atoms. The smallest absolute Gasteiger partial charge is 0.166 e. The van der Waals surface area contributed by atoms with Crippen molar-refractivity contribution >= 4 is 6.08 Å². The average molecular weight is 260 g/mol. The van der Waals surface area contributed by atoms with Gasteiger partial charge in [-0.3, -0.25) is 0 Å². The van der Waals surface area contributed by atoms with E-state index in [9.17, 15) is 13.2 Å². The van der Waals surface area contributed by atoms with Gasteiger partial charge in [0.25, 0.3) is 0 Å². The monoisotopic (exact) mass is 260 g/mol. The van der Waals surface area contributed by atoms with Gasteiger partial charge in [0, 0.05) is 0 Å². The maximum atomic E-state index is 12.4. The number of hydrogen-bond donors (Lipinski definition) is 0. The number of rotatable bonds is 2. The molecule has 96 valence electrons. The topological polar surface area (TPSA) is 0 Å². The standard InChI is InChI=1S/C16H11F3/c1-2-3-12-4-6-13(7-5-12)14-8-10-15(11-9-14)16(17,18)19/h3-11H,1H2. The molecule has 0 heterocycles. The molecule has 0 atom stereocenters. The maximum absolute atomic E-state index is 12.4. The normalized spacial score (nSPS) is 10.9. The van der Waals surface area contributed by atoms with Gasteiger partial charge in [0.1, 0.15) is 0 Å². The van der Waals surface area contributed by atoms with Crippen LogP contribution in [0.25, 0.3) is 17.2 Å². The van der Waals surface area contributed by atoms with E-state index in [2.05, 4.69) is 12.3 Å². The molecule has 2 aromatic carbocycles. The molecule has 3 heteroatoms. The van der Waals surface area contributed by atoms with Gasteiger partial charge in [-0.1, -0.05) is 43.0 Å². The lowest BCUT2D eigenvalue weighted by Crippen LogP contribution is -2.03. The molecule has 0 aliphatic carbocycles. The lowest BCUT2D eigenvalue weighted by atomic mass is 10.0. The van der Waals surface area contributed by atoms with Gasteiger partial charge in [-0.05, 0) is 34.9 Å². The summed E-state index contributed by atoms with van der Waals surface area (Å²) in [6.45, 7) is 3.48. The van der Waals surface area contributed by atoms with Crippen molar-refractivity contribution < 1.29 is 13.2 Å². The first kappa shape index (κ1) is 13.2. The van der Waals surface area contributed by atoms with Crippen LogP contribution in [-0.4, -0.2) is 0 Å². The van der Waals surface area contributed by atoms with Gasteiger partial charge >= 0.3 is 6.18 Å². The summed E-state index contributed by atoms with van der Waals surface area (Å²) in [7, 11) is 0. The fourth-order valence-corrected chi connectivity index (χ4v) is 1.74. The third-order valence-corrected chi connectivity index (χ3v) is 2.72. The van der Waals surface area contributed by atoms with Gasteiger partial charge in [-0.15, -0.1) is 5.73 Å². The highest BCUT2D eigenvalue weighted by atomic mass is 19.4. The molecular formula is C16H11F3. The summed E-state index contributed by atoms with van der Waals surface area (Å²) < 4.78 is 37.3. The van der Waals surface area contributed by atoms with Crippen molar-refractivity contribution in [1.29, 1.82) is 0 Å². The van der Waals surface area contributed by atoms with Gasteiger partial charge in [0.2, 0.25) is 0 Å². The minimum absolute atomic E-state index is 0.637. The van der Waals surface area contributed by atoms with Gasteiger partial charge in [0.05, 0.1) is 5.56 Å². The molecule has 19 heavy (non-hydrogen) atoms. The summed E-state index contributed by atoms with van der Waals surface area (Å²) in [5.41, 5.74) is 4.60. The summed E-state index contributed by atoms with van der Waals surface area (Å²) in [4.78, 5) is 0. The highest BCUT2D eigenvalue weighted by Crippen LogP contribution is 2.31. The quantitative estimate of drug-likeness (QED) is 0.653. The van der Waals surface area contributed by atoms with Crippen molar-refractivity contribution in [2.24, 2.45) is 0 Å². The fraction of sp³-hybridized carbons (Fsp3) is 0.0625. The molecule has 0 saturated heterocycles. The van der Waals surface area contributed by atoms with Crippen molar-refractivity contribution in [3.05, 3.63) is 72.0 Å². The molecule has 0 N–H and O–H groups in total. The Morgan fingerprint density at radius 2 is 1.32 bits per heavy atom. The first-order valence-electron chi connectivity index (χ1n) is 5.64. The molecule has 2 rings (SSSR count). The molecule has 0 saturated carbocycles. The zero-order chi connectivity index (χ0) is 13.9. The Morgan fingerprint density at radius 3 is 1.74 bits per heavy atom. The maximum Gasteiger partial charge on any atom is 0.416 e. The largest absolute Gasteiger partial charge is 0.416 e. The average Bonchev–Trinajstić information content (AvgIpc) is 2.39. The Hall–Kier alpha value is -2.25. The Morgan fingerprint density at radius 1 is 0.842 bits per heavy atom. The van der Waals surface area contributed by atoms with Crippen molar-refractivity contribution in [2.45, 2.75) is 6.18 Å². The summed E-state index contributed by atoms with van der Waals surface area (Å²) in [6, 6.07) is 12.6. The third-order valence-electron chi connectivity index (χ3n) is 2.72. The molecule has 0 nitrogen and oxygen atoms in total. The van der Waals surface area contributed by atoms with E-state index >= 15 is 0 Å². The van der Waals surface area contributed by atoms with Crippen molar-refractivity contribution in [3.8, 4) is 11.1 Å². The number of benzene rings is 2. The Bertz CT molecular complexity index is 598. The predicted molar refractivity (Wildman–Crippen MR) is 70.5 cm³/mol. The van der Waals surface area contributed by atoms with E-state index in [1.165, 1.54) is 12.1 Å². The summed E-state index contributed by atoms with van der Waals surface area (Å²) >= 11 is 0. The molecule has 0 amide bonds. The highest BCUT2D eigenvalue weighted by Gasteiger charge is 2.29. The van der Waals surface area contributed by atoms with E-state index in [0.29, 0.717) is 0 Å². The van der Waals surface area contributed by atoms with Gasteiger partial charge in [-0.2, -0.15) is 13.2 Å². The molecular weight excluding hydrogens is 249 g/mol. The minimum atomic E-state index is -4.29. The summed E-state index contributed by atoms with van der Waals surface area (Å²) in [5.74, 6) is 0. The van der Waals surface area contributed by atoms with E-state index in [4.69, 9.17) is 0 Å². The van der Waals surface area contributed by atoms with Crippen molar-refractivity contribution in [3.63, 3.8) is 0 Å². The second-order valence-corrected chi connectivity index (χ2v) is 4.05. The molecule has 0 unspecified atom stereocenters. The van der Waals surface area contributed by atoms with Crippen LogP contribution in [0.5, 0.6) is 0 Å². The van der Waals surface area contributed by atoms with E-state index in [1.54, 1.807) is 6.08 Å². The van der Waals surface area contributed by atoms with Gasteiger partial charge < -0.3 is 0 Å². The second-order valence-electron chi connectivity index (χ2n) is 4.05. The minimum Gasteiger partial charge on any atom is -0.166 e. The van der Waals surface area contributed by atoms with Crippen LogP contribution in [0.15, 0.2) is 60.8 Å². The first-order chi connectivity index (χ1) is 9.00. The van der Waals surface area contributed by atoms with Crippen LogP contribution in [0, 0.1) is 0 Å². The molecule has 0 fully saturated rings. The number of alkyl halides is 3. The van der Waals surface area contributed by atoms with E-state index in [-0.39, 0.29) is 0 Å². The number of halogens is 3. The second kappa shape index (κ2) is 5.17. The molecule has 0 aromatic heterocycles. The van der Waals surface area contributed by atoms with Crippen LogP contribution in [0.1, 0.15) is 11.1 Å². The zero-order valence-corrected chi connectivity index (χ0v) is 10.0. The van der Waals surface area contributed by atoms with Crippen LogP contribution >= 0.6 is 0 Å². The molecule has 0 radical (unpaired) electrons. The summed E-state index contributed by atoms with van der Waals surface area (Å²) in [5, 5.41) is 0. The van der Waals surface area contributed by atoms with Gasteiger partial charge in [-0.25, -0.2) is 0 Å². The highest BCUT2D eigenvalue weighted by molar-refractivity contribution is 5.65. The van der Waals surface area contributed by atoms with Crippen LogP contribution in [0.4, 0.5) is 13.2 Å². The van der Waals surface area contributed by atoms with Crippen LogP contribution in [-0.2, 0) is 6.18 Å². The SMILES string of the molecule is C=C=Cc1ccc(-c2ccc(C(F)(F)F)cc2)cc1. The first-order valence-corrected chi connectivity index (χ1v) is 5.64.